The lowest BCUT2D eigenvalue weighted by atomic mass is 9.82. The number of ether oxygens (including phenoxy) is 1. The third kappa shape index (κ3) is 8.07. The van der Waals surface area contributed by atoms with Gasteiger partial charge < -0.3 is 4.74 Å². The van der Waals surface area contributed by atoms with Crippen LogP contribution in [0, 0.1) is 11.8 Å². The maximum Gasteiger partial charge on any atom is 0.416 e. The van der Waals surface area contributed by atoms with Gasteiger partial charge in [-0.25, -0.2) is 12.7 Å². The standard InChI is InChI=1S/C25H37F3N2O3S/c1-29(34(31,32)24-13-11-23(12-14-24)25(26,27)28)19-21-7-9-22(10-8-21)20-33-18-6-5-17-30-15-3-2-4-16-30/h5-6,11-14,21-22H,2-4,7-10,15-20H2,1H3/b6-5+. The van der Waals surface area contributed by atoms with Crippen LogP contribution in [0.1, 0.15) is 50.5 Å². The van der Waals surface area contributed by atoms with Gasteiger partial charge in [-0.3, -0.25) is 4.90 Å². The molecule has 1 saturated carbocycles. The molecule has 5 nitrogen and oxygen atoms in total. The molecule has 0 unspecified atom stereocenters. The van der Waals surface area contributed by atoms with Crippen LogP contribution in [-0.2, 0) is 20.9 Å². The molecule has 0 amide bonds. The molecule has 2 fully saturated rings. The van der Waals surface area contributed by atoms with Gasteiger partial charge in [0.1, 0.15) is 0 Å². The molecule has 3 rings (SSSR count). The Kier molecular flexibility index (Phi) is 10.0. The molecule has 0 bridgehead atoms. The summed E-state index contributed by atoms with van der Waals surface area (Å²) in [6.07, 6.45) is 7.57. The molecule has 9 heteroatoms. The number of sulfonamides is 1. The van der Waals surface area contributed by atoms with Crippen LogP contribution >= 0.6 is 0 Å². The van der Waals surface area contributed by atoms with Gasteiger partial charge in [-0.05, 0) is 87.7 Å². The van der Waals surface area contributed by atoms with Crippen LogP contribution in [0.5, 0.6) is 0 Å². The summed E-state index contributed by atoms with van der Waals surface area (Å²) in [6, 6.07) is 3.69. The minimum absolute atomic E-state index is 0.113. The predicted octanol–water partition coefficient (Wildman–Crippen LogP) is 5.19. The molecule has 0 N–H and O–H groups in total. The quantitative estimate of drug-likeness (QED) is 0.326. The van der Waals surface area contributed by atoms with Gasteiger partial charge in [0, 0.05) is 26.7 Å². The van der Waals surface area contributed by atoms with Gasteiger partial charge in [-0.1, -0.05) is 18.6 Å². The first-order valence-corrected chi connectivity index (χ1v) is 13.7. The highest BCUT2D eigenvalue weighted by atomic mass is 32.2. The van der Waals surface area contributed by atoms with E-state index in [-0.39, 0.29) is 10.8 Å². The second-order valence-corrected chi connectivity index (χ2v) is 11.6. The van der Waals surface area contributed by atoms with Crippen LogP contribution in [0.15, 0.2) is 41.3 Å². The Morgan fingerprint density at radius 3 is 2.24 bits per heavy atom. The van der Waals surface area contributed by atoms with Crippen LogP contribution in [0.3, 0.4) is 0 Å². The topological polar surface area (TPSA) is 49.9 Å². The summed E-state index contributed by atoms with van der Waals surface area (Å²) in [5.74, 6) is 0.735. The fraction of sp³-hybridized carbons (Fsp3) is 0.680. The summed E-state index contributed by atoms with van der Waals surface area (Å²) >= 11 is 0. The van der Waals surface area contributed by atoms with E-state index in [0.29, 0.717) is 19.1 Å². The fourth-order valence-electron chi connectivity index (χ4n) is 4.77. The van der Waals surface area contributed by atoms with Crippen LogP contribution in [-0.4, -0.2) is 64.1 Å². The van der Waals surface area contributed by atoms with Gasteiger partial charge in [-0.15, -0.1) is 0 Å². The van der Waals surface area contributed by atoms with Crippen molar-refractivity contribution in [3.05, 3.63) is 42.0 Å². The number of benzene rings is 1. The molecule has 1 aromatic carbocycles. The van der Waals surface area contributed by atoms with Gasteiger partial charge in [0.05, 0.1) is 17.1 Å². The molecule has 0 atom stereocenters. The maximum atomic E-state index is 12.8. The van der Waals surface area contributed by atoms with Crippen molar-refractivity contribution in [2.45, 2.75) is 56.0 Å². The summed E-state index contributed by atoms with van der Waals surface area (Å²) in [5, 5.41) is 0. The van der Waals surface area contributed by atoms with Crippen molar-refractivity contribution in [3.63, 3.8) is 0 Å². The number of likely N-dealkylation sites (tertiary alicyclic amines) is 1. The van der Waals surface area contributed by atoms with Crippen LogP contribution in [0.4, 0.5) is 13.2 Å². The lowest BCUT2D eigenvalue weighted by Crippen LogP contribution is -2.34. The normalized spacial score (nSPS) is 23.1. The zero-order valence-electron chi connectivity index (χ0n) is 20.0. The number of alkyl halides is 3. The van der Waals surface area contributed by atoms with E-state index in [9.17, 15) is 21.6 Å². The SMILES string of the molecule is CN(CC1CCC(COC/C=C/CN2CCCCC2)CC1)S(=O)(=O)c1ccc(C(F)(F)F)cc1. The van der Waals surface area contributed by atoms with E-state index in [1.165, 1.54) is 43.7 Å². The molecule has 0 spiro atoms. The largest absolute Gasteiger partial charge is 0.416 e. The average molecular weight is 503 g/mol. The molecule has 0 aromatic heterocycles. The third-order valence-electron chi connectivity index (χ3n) is 6.92. The molecule has 1 heterocycles. The Bertz CT molecular complexity index is 874. The third-order valence-corrected chi connectivity index (χ3v) is 8.76. The first kappa shape index (κ1) is 27.2. The first-order chi connectivity index (χ1) is 16.2. The van der Waals surface area contributed by atoms with E-state index in [4.69, 9.17) is 4.74 Å². The lowest BCUT2D eigenvalue weighted by Gasteiger charge is -2.31. The number of rotatable bonds is 10. The minimum atomic E-state index is -4.49. The lowest BCUT2D eigenvalue weighted by molar-refractivity contribution is -0.137. The van der Waals surface area contributed by atoms with E-state index in [1.807, 2.05) is 0 Å². The summed E-state index contributed by atoms with van der Waals surface area (Å²) in [5.41, 5.74) is -0.855. The zero-order chi connectivity index (χ0) is 24.6. The molecule has 34 heavy (non-hydrogen) atoms. The second-order valence-electron chi connectivity index (χ2n) is 9.56. The van der Waals surface area contributed by atoms with Crippen LogP contribution < -0.4 is 0 Å². The molecule has 192 valence electrons. The number of hydrogen-bond donors (Lipinski definition) is 0. The predicted molar refractivity (Wildman–Crippen MR) is 127 cm³/mol. The number of hydrogen-bond acceptors (Lipinski definition) is 4. The summed E-state index contributed by atoms with van der Waals surface area (Å²) in [7, 11) is -2.32. The number of piperidine rings is 1. The molecule has 2 aliphatic rings. The highest BCUT2D eigenvalue weighted by Crippen LogP contribution is 2.32. The van der Waals surface area contributed by atoms with Crippen molar-refractivity contribution in [1.82, 2.24) is 9.21 Å². The van der Waals surface area contributed by atoms with Crippen molar-refractivity contribution in [1.29, 1.82) is 0 Å². The van der Waals surface area contributed by atoms with E-state index in [0.717, 1.165) is 63.1 Å². The second kappa shape index (κ2) is 12.5. The fourth-order valence-corrected chi connectivity index (χ4v) is 6.02. The van der Waals surface area contributed by atoms with Crippen molar-refractivity contribution >= 4 is 10.0 Å². The van der Waals surface area contributed by atoms with Crippen LogP contribution in [0.25, 0.3) is 0 Å². The molecular formula is C25H37F3N2O3S. The van der Waals surface area contributed by atoms with Crippen molar-refractivity contribution in [2.75, 3.05) is 46.4 Å². The number of nitrogens with zero attached hydrogens (tertiary/aromatic N) is 2. The maximum absolute atomic E-state index is 12.8. The molecular weight excluding hydrogens is 465 g/mol. The van der Waals surface area contributed by atoms with E-state index in [1.54, 1.807) is 0 Å². The first-order valence-electron chi connectivity index (χ1n) is 12.2. The monoisotopic (exact) mass is 502 g/mol. The van der Waals surface area contributed by atoms with Gasteiger partial charge >= 0.3 is 6.18 Å². The molecule has 1 aliphatic carbocycles. The van der Waals surface area contributed by atoms with Gasteiger partial charge in [-0.2, -0.15) is 13.2 Å². The van der Waals surface area contributed by atoms with Crippen molar-refractivity contribution in [2.24, 2.45) is 11.8 Å². The molecule has 1 saturated heterocycles. The summed E-state index contributed by atoms with van der Waals surface area (Å²) in [4.78, 5) is 2.36. The van der Waals surface area contributed by atoms with Gasteiger partial charge in [0.2, 0.25) is 10.0 Å². The van der Waals surface area contributed by atoms with Crippen LogP contribution in [0.2, 0.25) is 0 Å². The highest BCUT2D eigenvalue weighted by molar-refractivity contribution is 7.89. The van der Waals surface area contributed by atoms with E-state index in [2.05, 4.69) is 17.1 Å². The minimum Gasteiger partial charge on any atom is -0.377 e. The Balaban J connectivity index is 1.35. The molecule has 1 aliphatic heterocycles. The Morgan fingerprint density at radius 2 is 1.62 bits per heavy atom. The van der Waals surface area contributed by atoms with Gasteiger partial charge in [0.15, 0.2) is 0 Å². The smallest absolute Gasteiger partial charge is 0.377 e. The summed E-state index contributed by atoms with van der Waals surface area (Å²) in [6.45, 7) is 5.10. The van der Waals surface area contributed by atoms with E-state index < -0.39 is 21.8 Å². The molecule has 0 radical (unpaired) electrons. The Labute approximate surface area is 202 Å². The Hall–Kier alpha value is -1.42. The number of halogens is 3. The van der Waals surface area contributed by atoms with Gasteiger partial charge in [0.25, 0.3) is 0 Å². The highest BCUT2D eigenvalue weighted by Gasteiger charge is 2.32. The van der Waals surface area contributed by atoms with E-state index >= 15 is 0 Å². The van der Waals surface area contributed by atoms with Crippen molar-refractivity contribution < 1.29 is 26.3 Å². The summed E-state index contributed by atoms with van der Waals surface area (Å²) < 4.78 is 70.9. The Morgan fingerprint density at radius 1 is 1.00 bits per heavy atom. The van der Waals surface area contributed by atoms with Crippen molar-refractivity contribution in [3.8, 4) is 0 Å². The zero-order valence-corrected chi connectivity index (χ0v) is 20.8. The molecule has 1 aromatic rings. The average Bonchev–Trinajstić information content (AvgIpc) is 2.82.